The molecule has 8 nitrogen and oxygen atoms in total. The maximum absolute atomic E-state index is 5.39. The number of rotatable bonds is 22. The molecule has 0 spiro atoms. The van der Waals surface area contributed by atoms with Crippen molar-refractivity contribution in [1.82, 2.24) is 0 Å². The highest BCUT2D eigenvalue weighted by Gasteiger charge is 1.94. The first-order valence-corrected chi connectivity index (χ1v) is 9.40. The molecular formula is C16H36ClNO7S. The van der Waals surface area contributed by atoms with E-state index < -0.39 is 0 Å². The van der Waals surface area contributed by atoms with Gasteiger partial charge in [0.15, 0.2) is 0 Å². The van der Waals surface area contributed by atoms with Gasteiger partial charge in [0.1, 0.15) is 0 Å². The molecule has 0 amide bonds. The summed E-state index contributed by atoms with van der Waals surface area (Å²) in [7, 11) is 0. The van der Waals surface area contributed by atoms with E-state index in [2.05, 4.69) is 12.6 Å². The molecule has 10 heteroatoms. The molecule has 0 aliphatic heterocycles. The zero-order valence-corrected chi connectivity index (χ0v) is 17.3. The van der Waals surface area contributed by atoms with Gasteiger partial charge < -0.3 is 38.9 Å². The van der Waals surface area contributed by atoms with Gasteiger partial charge in [-0.2, -0.15) is 12.6 Å². The third kappa shape index (κ3) is 26.5. The number of hydrogen-bond acceptors (Lipinski definition) is 9. The van der Waals surface area contributed by atoms with Crippen molar-refractivity contribution in [3.05, 3.63) is 0 Å². The van der Waals surface area contributed by atoms with Crippen molar-refractivity contribution >= 4 is 25.0 Å². The highest BCUT2D eigenvalue weighted by molar-refractivity contribution is 7.80. The molecule has 0 aromatic rings. The second kappa shape index (κ2) is 27.5. The number of halogens is 1. The van der Waals surface area contributed by atoms with Crippen molar-refractivity contribution < 1.29 is 33.2 Å². The number of nitrogens with two attached hydrogens (primary N) is 1. The molecule has 0 radical (unpaired) electrons. The molecule has 26 heavy (non-hydrogen) atoms. The monoisotopic (exact) mass is 421 g/mol. The quantitative estimate of drug-likeness (QED) is 0.192. The van der Waals surface area contributed by atoms with Gasteiger partial charge in [-0.05, 0) is 0 Å². The van der Waals surface area contributed by atoms with Crippen LogP contribution in [0.2, 0.25) is 0 Å². The third-order valence-corrected chi connectivity index (χ3v) is 2.91. The van der Waals surface area contributed by atoms with E-state index in [0.29, 0.717) is 99.0 Å². The van der Waals surface area contributed by atoms with Crippen LogP contribution in [0, 0.1) is 0 Å². The number of hydrogen-bond donors (Lipinski definition) is 2. The van der Waals surface area contributed by atoms with Gasteiger partial charge in [-0.1, -0.05) is 0 Å². The fraction of sp³-hybridized carbons (Fsp3) is 1.00. The average Bonchev–Trinajstić information content (AvgIpc) is 2.63. The first-order valence-electron chi connectivity index (χ1n) is 8.77. The predicted octanol–water partition coefficient (Wildman–Crippen LogP) is 0.413. The predicted molar refractivity (Wildman–Crippen MR) is 106 cm³/mol. The van der Waals surface area contributed by atoms with Crippen LogP contribution in [-0.2, 0) is 33.2 Å². The largest absolute Gasteiger partial charge is 0.378 e. The Kier molecular flexibility index (Phi) is 30.2. The van der Waals surface area contributed by atoms with Crippen LogP contribution in [0.5, 0.6) is 0 Å². The van der Waals surface area contributed by atoms with Crippen molar-refractivity contribution in [3.8, 4) is 0 Å². The van der Waals surface area contributed by atoms with E-state index in [0.717, 1.165) is 5.75 Å². The fourth-order valence-corrected chi connectivity index (χ4v) is 1.70. The Hall–Kier alpha value is 0.320. The average molecular weight is 422 g/mol. The van der Waals surface area contributed by atoms with Gasteiger partial charge >= 0.3 is 0 Å². The third-order valence-electron chi connectivity index (χ3n) is 2.73. The van der Waals surface area contributed by atoms with Gasteiger partial charge in [-0.3, -0.25) is 0 Å². The first-order chi connectivity index (χ1) is 12.4. The van der Waals surface area contributed by atoms with Crippen molar-refractivity contribution in [2.75, 3.05) is 105 Å². The van der Waals surface area contributed by atoms with Crippen LogP contribution in [-0.4, -0.2) is 105 Å². The van der Waals surface area contributed by atoms with Gasteiger partial charge in [0.05, 0.1) is 92.5 Å². The highest BCUT2D eigenvalue weighted by atomic mass is 35.5. The molecule has 0 heterocycles. The van der Waals surface area contributed by atoms with Crippen LogP contribution in [0.1, 0.15) is 0 Å². The highest BCUT2D eigenvalue weighted by Crippen LogP contribution is 1.85. The Morgan fingerprint density at radius 1 is 0.423 bits per heavy atom. The second-order valence-corrected chi connectivity index (χ2v) is 5.25. The van der Waals surface area contributed by atoms with E-state index in [1.807, 2.05) is 0 Å². The Morgan fingerprint density at radius 3 is 0.885 bits per heavy atom. The summed E-state index contributed by atoms with van der Waals surface area (Å²) >= 11 is 4.05. The van der Waals surface area contributed by atoms with E-state index in [1.165, 1.54) is 0 Å². The van der Waals surface area contributed by atoms with E-state index in [-0.39, 0.29) is 12.4 Å². The summed E-state index contributed by atoms with van der Waals surface area (Å²) in [6, 6.07) is 0. The van der Waals surface area contributed by atoms with Crippen molar-refractivity contribution in [3.63, 3.8) is 0 Å². The minimum absolute atomic E-state index is 0. The number of thiol groups is 1. The lowest BCUT2D eigenvalue weighted by molar-refractivity contribution is -0.0198. The van der Waals surface area contributed by atoms with E-state index in [9.17, 15) is 0 Å². The van der Waals surface area contributed by atoms with Gasteiger partial charge in [0, 0.05) is 12.3 Å². The molecule has 0 aromatic carbocycles. The maximum Gasteiger partial charge on any atom is 0.0701 e. The maximum atomic E-state index is 5.39. The van der Waals surface area contributed by atoms with Crippen LogP contribution in [0.4, 0.5) is 0 Å². The minimum Gasteiger partial charge on any atom is -0.378 e. The van der Waals surface area contributed by atoms with Crippen LogP contribution in [0.15, 0.2) is 0 Å². The normalized spacial score (nSPS) is 10.8. The van der Waals surface area contributed by atoms with Crippen molar-refractivity contribution in [2.24, 2.45) is 5.73 Å². The summed E-state index contributed by atoms with van der Waals surface area (Å²) in [6.07, 6.45) is 0. The Bertz CT molecular complexity index is 225. The number of ether oxygens (including phenoxy) is 7. The summed E-state index contributed by atoms with van der Waals surface area (Å²) in [6.45, 7) is 8.45. The molecule has 0 unspecified atom stereocenters. The van der Waals surface area contributed by atoms with Crippen LogP contribution in [0.3, 0.4) is 0 Å². The SMILES string of the molecule is Cl.NCCOCCOCCOCCOCCOCCOCCOCCS. The lowest BCUT2D eigenvalue weighted by atomic mass is 10.6. The van der Waals surface area contributed by atoms with Gasteiger partial charge in [0.25, 0.3) is 0 Å². The molecule has 0 saturated carbocycles. The van der Waals surface area contributed by atoms with Crippen molar-refractivity contribution in [1.29, 1.82) is 0 Å². The lowest BCUT2D eigenvalue weighted by Crippen LogP contribution is -2.15. The van der Waals surface area contributed by atoms with E-state index in [1.54, 1.807) is 0 Å². The molecule has 2 N–H and O–H groups in total. The van der Waals surface area contributed by atoms with Crippen LogP contribution in [0.25, 0.3) is 0 Å². The van der Waals surface area contributed by atoms with Gasteiger partial charge in [-0.15, -0.1) is 12.4 Å². The summed E-state index contributed by atoms with van der Waals surface area (Å²) in [5, 5.41) is 0. The zero-order chi connectivity index (χ0) is 18.3. The van der Waals surface area contributed by atoms with Crippen LogP contribution < -0.4 is 5.73 Å². The molecular weight excluding hydrogens is 386 g/mol. The van der Waals surface area contributed by atoms with E-state index in [4.69, 9.17) is 38.9 Å². The summed E-state index contributed by atoms with van der Waals surface area (Å²) in [4.78, 5) is 0. The minimum atomic E-state index is 0. The first kappa shape index (κ1) is 28.5. The van der Waals surface area contributed by atoms with Crippen LogP contribution >= 0.6 is 25.0 Å². The topological polar surface area (TPSA) is 90.6 Å². The molecule has 160 valence electrons. The van der Waals surface area contributed by atoms with Gasteiger partial charge in [0.2, 0.25) is 0 Å². The van der Waals surface area contributed by atoms with E-state index >= 15 is 0 Å². The zero-order valence-electron chi connectivity index (χ0n) is 15.6. The Morgan fingerprint density at radius 2 is 0.654 bits per heavy atom. The summed E-state index contributed by atoms with van der Waals surface area (Å²) < 4.78 is 37.2. The Labute approximate surface area is 169 Å². The Balaban J connectivity index is 0. The fourth-order valence-electron chi connectivity index (χ4n) is 1.57. The van der Waals surface area contributed by atoms with Crippen molar-refractivity contribution in [2.45, 2.75) is 0 Å². The standard InChI is InChI=1S/C16H35NO7S.ClH/c17-1-2-18-3-4-19-5-6-20-7-8-21-9-10-22-11-12-23-13-14-24-15-16-25;/h25H,1-17H2;1H. The molecule has 0 atom stereocenters. The molecule has 0 bridgehead atoms. The molecule has 0 fully saturated rings. The van der Waals surface area contributed by atoms with Gasteiger partial charge in [-0.25, -0.2) is 0 Å². The second-order valence-electron chi connectivity index (χ2n) is 4.80. The molecule has 0 aromatic heterocycles. The molecule has 0 aliphatic rings. The smallest absolute Gasteiger partial charge is 0.0701 e. The molecule has 0 saturated heterocycles. The summed E-state index contributed by atoms with van der Waals surface area (Å²) in [5.74, 6) is 0.729. The lowest BCUT2D eigenvalue weighted by Gasteiger charge is -2.08. The molecule has 0 aliphatic carbocycles. The molecule has 0 rings (SSSR count). The summed E-state index contributed by atoms with van der Waals surface area (Å²) in [5.41, 5.74) is 5.30.